The number of rotatable bonds is 6. The number of nitrogens with zero attached hydrogens (tertiary/aromatic N) is 1. The zero-order chi connectivity index (χ0) is 21.8. The Balaban J connectivity index is 1.59. The number of carbonyl (C=O) groups is 1. The van der Waals surface area contributed by atoms with E-state index in [2.05, 4.69) is 0 Å². The van der Waals surface area contributed by atoms with Gasteiger partial charge < -0.3 is 9.47 Å². The van der Waals surface area contributed by atoms with Crippen LogP contribution in [0.4, 0.5) is 5.69 Å². The third-order valence-electron chi connectivity index (χ3n) is 5.27. The van der Waals surface area contributed by atoms with Gasteiger partial charge in [0.25, 0.3) is 0 Å². The fourth-order valence-electron chi connectivity index (χ4n) is 3.63. The number of nitro benzene ring substituents is 1. The minimum absolute atomic E-state index is 0.0767. The van der Waals surface area contributed by atoms with Crippen molar-refractivity contribution in [2.24, 2.45) is 0 Å². The van der Waals surface area contributed by atoms with Gasteiger partial charge in [0.15, 0.2) is 11.5 Å². The molecule has 1 aliphatic carbocycles. The van der Waals surface area contributed by atoms with Gasteiger partial charge in [-0.05, 0) is 53.8 Å². The van der Waals surface area contributed by atoms with Gasteiger partial charge in [0.2, 0.25) is 0 Å². The summed E-state index contributed by atoms with van der Waals surface area (Å²) in [6.45, 7) is 0.235. The molecular weight excluding hydrogens is 394 g/mol. The van der Waals surface area contributed by atoms with E-state index in [1.165, 1.54) is 6.07 Å². The maximum absolute atomic E-state index is 13.0. The highest BCUT2D eigenvalue weighted by atomic mass is 16.6. The van der Waals surface area contributed by atoms with Crippen LogP contribution in [0.3, 0.4) is 0 Å². The van der Waals surface area contributed by atoms with Crippen LogP contribution < -0.4 is 9.47 Å². The molecule has 0 fully saturated rings. The second-order valence-electron chi connectivity index (χ2n) is 7.28. The van der Waals surface area contributed by atoms with E-state index in [4.69, 9.17) is 9.47 Å². The molecular formula is C25H21NO5. The summed E-state index contributed by atoms with van der Waals surface area (Å²) < 4.78 is 10.9. The highest BCUT2D eigenvalue weighted by Gasteiger charge is 2.23. The van der Waals surface area contributed by atoms with Gasteiger partial charge in [0.1, 0.15) is 12.4 Å². The van der Waals surface area contributed by atoms with Crippen molar-refractivity contribution in [1.82, 2.24) is 0 Å². The van der Waals surface area contributed by atoms with Crippen molar-refractivity contribution in [3.63, 3.8) is 0 Å². The zero-order valence-corrected chi connectivity index (χ0v) is 17.0. The second-order valence-corrected chi connectivity index (χ2v) is 7.28. The molecule has 0 saturated carbocycles. The molecule has 0 saturated heterocycles. The molecule has 0 atom stereocenters. The molecule has 0 spiro atoms. The molecule has 0 amide bonds. The van der Waals surface area contributed by atoms with Crippen LogP contribution in [0.5, 0.6) is 11.5 Å². The maximum Gasteiger partial charge on any atom is 0.311 e. The fraction of sp³-hybridized carbons (Fsp3) is 0.160. The number of nitro groups is 1. The SMILES string of the molecule is COc1ccc2c(c1)C(=O)/C(=C/c1ccc(OCc3ccccc3)c([N+](=O)[O-])c1)CC2. The average Bonchev–Trinajstić information content (AvgIpc) is 2.80. The van der Waals surface area contributed by atoms with Gasteiger partial charge in [-0.1, -0.05) is 42.5 Å². The van der Waals surface area contributed by atoms with Crippen LogP contribution in [-0.4, -0.2) is 17.8 Å². The Morgan fingerprint density at radius 3 is 2.58 bits per heavy atom. The number of aryl methyl sites for hydroxylation is 1. The molecule has 0 bridgehead atoms. The number of allylic oxidation sites excluding steroid dienone is 1. The van der Waals surface area contributed by atoms with E-state index >= 15 is 0 Å². The predicted octanol–water partition coefficient (Wildman–Crippen LogP) is 5.39. The van der Waals surface area contributed by atoms with Crippen LogP contribution >= 0.6 is 0 Å². The Kier molecular flexibility index (Phi) is 5.80. The summed E-state index contributed by atoms with van der Waals surface area (Å²) in [5.74, 6) is 0.747. The number of benzene rings is 3. The van der Waals surface area contributed by atoms with E-state index in [1.807, 2.05) is 42.5 Å². The Hall–Kier alpha value is -3.93. The van der Waals surface area contributed by atoms with Gasteiger partial charge in [0, 0.05) is 17.2 Å². The van der Waals surface area contributed by atoms with Crippen LogP contribution in [0.2, 0.25) is 0 Å². The standard InChI is InChI=1S/C25H21NO5/c1-30-21-11-10-19-8-9-20(25(27)22(19)15-21)13-18-7-12-24(23(14-18)26(28)29)31-16-17-5-3-2-4-6-17/h2-7,10-15H,8-9,16H2,1H3/b20-13+. The molecule has 0 N–H and O–H groups in total. The summed E-state index contributed by atoms with van der Waals surface area (Å²) in [6, 6.07) is 19.7. The predicted molar refractivity (Wildman–Crippen MR) is 117 cm³/mol. The molecule has 31 heavy (non-hydrogen) atoms. The number of ketones is 1. The van der Waals surface area contributed by atoms with Crippen molar-refractivity contribution in [2.75, 3.05) is 7.11 Å². The topological polar surface area (TPSA) is 78.7 Å². The maximum atomic E-state index is 13.0. The van der Waals surface area contributed by atoms with E-state index in [0.29, 0.717) is 28.9 Å². The van der Waals surface area contributed by atoms with E-state index in [0.717, 1.165) is 17.5 Å². The highest BCUT2D eigenvalue weighted by Crippen LogP contribution is 2.32. The first kappa shape index (κ1) is 20.3. The van der Waals surface area contributed by atoms with Crippen molar-refractivity contribution in [3.05, 3.63) is 105 Å². The largest absolute Gasteiger partial charge is 0.497 e. The van der Waals surface area contributed by atoms with Crippen LogP contribution in [0, 0.1) is 10.1 Å². The lowest BCUT2D eigenvalue weighted by atomic mass is 9.86. The summed E-state index contributed by atoms with van der Waals surface area (Å²) >= 11 is 0. The lowest BCUT2D eigenvalue weighted by molar-refractivity contribution is -0.386. The molecule has 0 aliphatic heterocycles. The summed E-state index contributed by atoms with van der Waals surface area (Å²) in [4.78, 5) is 24.1. The van der Waals surface area contributed by atoms with E-state index in [-0.39, 0.29) is 23.8 Å². The highest BCUT2D eigenvalue weighted by molar-refractivity contribution is 6.13. The Bertz CT molecular complexity index is 1170. The Morgan fingerprint density at radius 2 is 1.84 bits per heavy atom. The quantitative estimate of drug-likeness (QED) is 0.306. The first-order valence-electron chi connectivity index (χ1n) is 9.92. The molecule has 6 nitrogen and oxygen atoms in total. The third-order valence-corrected chi connectivity index (χ3v) is 5.27. The van der Waals surface area contributed by atoms with Gasteiger partial charge in [-0.15, -0.1) is 0 Å². The van der Waals surface area contributed by atoms with Crippen LogP contribution in [0.1, 0.15) is 33.5 Å². The summed E-state index contributed by atoms with van der Waals surface area (Å²) in [7, 11) is 1.56. The molecule has 6 heteroatoms. The van der Waals surface area contributed by atoms with Gasteiger partial charge in [-0.25, -0.2) is 0 Å². The number of carbonyl (C=O) groups excluding carboxylic acids is 1. The lowest BCUT2D eigenvalue weighted by Gasteiger charge is -2.18. The van der Waals surface area contributed by atoms with E-state index in [9.17, 15) is 14.9 Å². The molecule has 0 aromatic heterocycles. The molecule has 156 valence electrons. The van der Waals surface area contributed by atoms with Gasteiger partial charge >= 0.3 is 5.69 Å². The first-order valence-corrected chi connectivity index (χ1v) is 9.92. The molecule has 4 rings (SSSR count). The van der Waals surface area contributed by atoms with Crippen LogP contribution in [0.25, 0.3) is 6.08 Å². The summed E-state index contributed by atoms with van der Waals surface area (Å²) in [5, 5.41) is 11.6. The minimum atomic E-state index is -0.467. The molecule has 3 aromatic rings. The molecule has 0 radical (unpaired) electrons. The number of methoxy groups -OCH3 is 1. The summed E-state index contributed by atoms with van der Waals surface area (Å²) in [5.41, 5.74) is 3.61. The van der Waals surface area contributed by atoms with Crippen molar-refractivity contribution in [2.45, 2.75) is 19.4 Å². The van der Waals surface area contributed by atoms with Crippen LogP contribution in [-0.2, 0) is 13.0 Å². The third kappa shape index (κ3) is 4.48. The first-order chi connectivity index (χ1) is 15.0. The number of hydrogen-bond acceptors (Lipinski definition) is 5. The van der Waals surface area contributed by atoms with Gasteiger partial charge in [0.05, 0.1) is 12.0 Å². The van der Waals surface area contributed by atoms with E-state index in [1.54, 1.807) is 31.4 Å². The number of hydrogen-bond donors (Lipinski definition) is 0. The molecule has 3 aromatic carbocycles. The molecule has 0 unspecified atom stereocenters. The molecule has 0 heterocycles. The van der Waals surface area contributed by atoms with Crippen molar-refractivity contribution in [3.8, 4) is 11.5 Å². The Labute approximate surface area is 179 Å². The lowest BCUT2D eigenvalue weighted by Crippen LogP contribution is -2.14. The number of fused-ring (bicyclic) bond motifs is 1. The minimum Gasteiger partial charge on any atom is -0.497 e. The zero-order valence-electron chi connectivity index (χ0n) is 17.0. The average molecular weight is 415 g/mol. The van der Waals surface area contributed by atoms with Crippen molar-refractivity contribution in [1.29, 1.82) is 0 Å². The number of ether oxygens (including phenoxy) is 2. The normalized spacial score (nSPS) is 14.2. The van der Waals surface area contributed by atoms with Crippen molar-refractivity contribution >= 4 is 17.5 Å². The fourth-order valence-corrected chi connectivity index (χ4v) is 3.63. The number of Topliss-reactive ketones (excluding diaryl/α,β-unsaturated/α-hetero) is 1. The smallest absolute Gasteiger partial charge is 0.311 e. The monoisotopic (exact) mass is 415 g/mol. The van der Waals surface area contributed by atoms with Gasteiger partial charge in [-0.2, -0.15) is 0 Å². The van der Waals surface area contributed by atoms with Gasteiger partial charge in [-0.3, -0.25) is 14.9 Å². The van der Waals surface area contributed by atoms with Crippen LogP contribution in [0.15, 0.2) is 72.3 Å². The van der Waals surface area contributed by atoms with E-state index < -0.39 is 4.92 Å². The molecule has 1 aliphatic rings. The van der Waals surface area contributed by atoms with Crippen molar-refractivity contribution < 1.29 is 19.2 Å². The summed E-state index contributed by atoms with van der Waals surface area (Å²) in [6.07, 6.45) is 3.04. The second kappa shape index (κ2) is 8.83. The Morgan fingerprint density at radius 1 is 1.03 bits per heavy atom.